The summed E-state index contributed by atoms with van der Waals surface area (Å²) in [4.78, 5) is -0.860. The van der Waals surface area contributed by atoms with Crippen molar-refractivity contribution in [2.45, 2.75) is 11.1 Å². The van der Waals surface area contributed by atoms with Gasteiger partial charge >= 0.3 is 6.18 Å². The predicted molar refractivity (Wildman–Crippen MR) is 99.6 cm³/mol. The first-order chi connectivity index (χ1) is 14.2. The van der Waals surface area contributed by atoms with E-state index in [9.17, 15) is 26.0 Å². The lowest BCUT2D eigenvalue weighted by molar-refractivity contribution is -0.139. The highest BCUT2D eigenvalue weighted by molar-refractivity contribution is 7.89. The van der Waals surface area contributed by atoms with Crippen LogP contribution in [0.4, 0.5) is 17.6 Å². The Morgan fingerprint density at radius 2 is 1.63 bits per heavy atom. The van der Waals surface area contributed by atoms with Gasteiger partial charge in [-0.2, -0.15) is 13.2 Å². The summed E-state index contributed by atoms with van der Waals surface area (Å²) in [7, 11) is -4.39. The standard InChI is InChI=1S/C19H15F4N3O3S/c20-14-7-5-13(6-8-14)16-9-10-18(26-25-16)29-12-11-24-30(27,28)17-4-2-1-3-15(17)19(21,22)23/h1-10,24H,11-12H2. The van der Waals surface area contributed by atoms with Crippen molar-refractivity contribution in [2.24, 2.45) is 0 Å². The molecule has 158 valence electrons. The fraction of sp³-hybridized carbons (Fsp3) is 0.158. The lowest BCUT2D eigenvalue weighted by Gasteiger charge is -2.13. The average molecular weight is 441 g/mol. The molecule has 30 heavy (non-hydrogen) atoms. The number of sulfonamides is 1. The Bertz CT molecular complexity index is 1100. The van der Waals surface area contributed by atoms with Gasteiger partial charge in [0.2, 0.25) is 15.9 Å². The zero-order valence-corrected chi connectivity index (χ0v) is 16.0. The molecule has 0 amide bonds. The maximum Gasteiger partial charge on any atom is 0.417 e. The number of alkyl halides is 3. The van der Waals surface area contributed by atoms with E-state index in [0.29, 0.717) is 17.3 Å². The maximum absolute atomic E-state index is 13.0. The van der Waals surface area contributed by atoms with E-state index in [1.165, 1.54) is 36.4 Å². The first-order valence-electron chi connectivity index (χ1n) is 8.55. The summed E-state index contributed by atoms with van der Waals surface area (Å²) in [6, 6.07) is 12.6. The van der Waals surface area contributed by atoms with Gasteiger partial charge in [0, 0.05) is 18.2 Å². The third-order valence-electron chi connectivity index (χ3n) is 3.91. The monoisotopic (exact) mass is 441 g/mol. The number of nitrogens with zero attached hydrogens (tertiary/aromatic N) is 2. The fourth-order valence-electron chi connectivity index (χ4n) is 2.52. The number of hydrogen-bond acceptors (Lipinski definition) is 5. The van der Waals surface area contributed by atoms with E-state index < -0.39 is 26.7 Å². The SMILES string of the molecule is O=S(=O)(NCCOc1ccc(-c2ccc(F)cc2)nn1)c1ccccc1C(F)(F)F. The van der Waals surface area contributed by atoms with Crippen LogP contribution < -0.4 is 9.46 Å². The Hall–Kier alpha value is -3.05. The molecule has 2 aromatic carbocycles. The van der Waals surface area contributed by atoms with Crippen LogP contribution in [-0.4, -0.2) is 31.8 Å². The minimum absolute atomic E-state index is 0.0933. The molecule has 0 fully saturated rings. The number of nitrogens with one attached hydrogen (secondary N) is 1. The zero-order valence-electron chi connectivity index (χ0n) is 15.2. The van der Waals surface area contributed by atoms with E-state index in [4.69, 9.17) is 4.74 Å². The summed E-state index contributed by atoms with van der Waals surface area (Å²) in [6.45, 7) is -0.464. The minimum Gasteiger partial charge on any atom is -0.475 e. The third-order valence-corrected chi connectivity index (χ3v) is 5.43. The second-order valence-corrected chi connectivity index (χ2v) is 7.74. The summed E-state index contributed by atoms with van der Waals surface area (Å²) >= 11 is 0. The van der Waals surface area contributed by atoms with Crippen LogP contribution in [0.3, 0.4) is 0 Å². The van der Waals surface area contributed by atoms with E-state index in [1.807, 2.05) is 0 Å². The van der Waals surface area contributed by atoms with Gasteiger partial charge in [-0.3, -0.25) is 0 Å². The lowest BCUT2D eigenvalue weighted by Crippen LogP contribution is -2.30. The maximum atomic E-state index is 13.0. The number of aromatic nitrogens is 2. The molecule has 1 aromatic heterocycles. The molecule has 0 atom stereocenters. The molecular weight excluding hydrogens is 426 g/mol. The van der Waals surface area contributed by atoms with Gasteiger partial charge in [-0.1, -0.05) is 12.1 Å². The van der Waals surface area contributed by atoms with Crippen LogP contribution in [0.1, 0.15) is 5.56 Å². The molecule has 0 aliphatic carbocycles. The largest absolute Gasteiger partial charge is 0.475 e. The summed E-state index contributed by atoms with van der Waals surface area (Å²) in [5, 5.41) is 7.76. The second kappa shape index (κ2) is 8.76. The number of rotatable bonds is 7. The quantitative estimate of drug-likeness (QED) is 0.447. The van der Waals surface area contributed by atoms with E-state index >= 15 is 0 Å². The molecule has 1 N–H and O–H groups in total. The van der Waals surface area contributed by atoms with Crippen molar-refractivity contribution in [1.29, 1.82) is 0 Å². The third kappa shape index (κ3) is 5.30. The minimum atomic E-state index is -4.80. The van der Waals surface area contributed by atoms with Gasteiger partial charge in [-0.05, 0) is 42.5 Å². The number of halogens is 4. The van der Waals surface area contributed by atoms with Gasteiger partial charge < -0.3 is 4.74 Å². The zero-order chi connectivity index (χ0) is 21.8. The number of hydrogen-bond donors (Lipinski definition) is 1. The predicted octanol–water partition coefficient (Wildman–Crippen LogP) is 3.66. The average Bonchev–Trinajstić information content (AvgIpc) is 2.72. The van der Waals surface area contributed by atoms with Crippen LogP contribution in [-0.2, 0) is 16.2 Å². The van der Waals surface area contributed by atoms with E-state index in [2.05, 4.69) is 14.9 Å². The Labute approximate surface area is 169 Å². The van der Waals surface area contributed by atoms with Gasteiger partial charge in [0.25, 0.3) is 0 Å². The van der Waals surface area contributed by atoms with Crippen molar-refractivity contribution in [3.63, 3.8) is 0 Å². The van der Waals surface area contributed by atoms with Crippen LogP contribution in [0.5, 0.6) is 5.88 Å². The Balaban J connectivity index is 1.58. The first-order valence-corrected chi connectivity index (χ1v) is 10.0. The normalized spacial score (nSPS) is 12.0. The van der Waals surface area contributed by atoms with Crippen LogP contribution in [0, 0.1) is 5.82 Å². The van der Waals surface area contributed by atoms with Gasteiger partial charge in [0.05, 0.1) is 16.2 Å². The van der Waals surface area contributed by atoms with E-state index in [1.54, 1.807) is 6.07 Å². The van der Waals surface area contributed by atoms with Crippen molar-refractivity contribution in [1.82, 2.24) is 14.9 Å². The molecule has 6 nitrogen and oxygen atoms in total. The Morgan fingerprint density at radius 1 is 0.933 bits per heavy atom. The highest BCUT2D eigenvalue weighted by atomic mass is 32.2. The van der Waals surface area contributed by atoms with Gasteiger partial charge in [0.1, 0.15) is 12.4 Å². The Morgan fingerprint density at radius 3 is 2.27 bits per heavy atom. The molecule has 0 unspecified atom stereocenters. The molecule has 0 spiro atoms. The highest BCUT2D eigenvalue weighted by Crippen LogP contribution is 2.33. The molecule has 0 aliphatic rings. The van der Waals surface area contributed by atoms with Crippen LogP contribution in [0.2, 0.25) is 0 Å². The van der Waals surface area contributed by atoms with Crippen molar-refractivity contribution in [2.75, 3.05) is 13.2 Å². The summed E-state index contributed by atoms with van der Waals surface area (Å²) in [6.07, 6.45) is -4.80. The van der Waals surface area contributed by atoms with Crippen molar-refractivity contribution >= 4 is 10.0 Å². The van der Waals surface area contributed by atoms with Crippen molar-refractivity contribution in [3.05, 3.63) is 72.0 Å². The summed E-state index contributed by atoms with van der Waals surface area (Å²) in [5.74, 6) is -0.289. The smallest absolute Gasteiger partial charge is 0.417 e. The molecule has 3 aromatic rings. The van der Waals surface area contributed by atoms with Crippen LogP contribution in [0.15, 0.2) is 65.6 Å². The topological polar surface area (TPSA) is 81.2 Å². The van der Waals surface area contributed by atoms with E-state index in [0.717, 1.165) is 12.1 Å². The van der Waals surface area contributed by atoms with Gasteiger partial charge in [-0.25, -0.2) is 17.5 Å². The molecule has 0 saturated heterocycles. The molecule has 3 rings (SSSR count). The molecule has 0 aliphatic heterocycles. The van der Waals surface area contributed by atoms with Crippen LogP contribution in [0.25, 0.3) is 11.3 Å². The molecule has 0 bridgehead atoms. The number of benzene rings is 2. The molecule has 1 heterocycles. The lowest BCUT2D eigenvalue weighted by atomic mass is 10.1. The molecule has 0 radical (unpaired) electrons. The van der Waals surface area contributed by atoms with Crippen molar-refractivity contribution < 1.29 is 30.7 Å². The summed E-state index contributed by atoms with van der Waals surface area (Å²) < 4.78 is 83.7. The first kappa shape index (κ1) is 21.7. The van der Waals surface area contributed by atoms with Crippen LogP contribution >= 0.6 is 0 Å². The number of ether oxygens (including phenoxy) is 1. The van der Waals surface area contributed by atoms with Crippen molar-refractivity contribution in [3.8, 4) is 17.1 Å². The Kier molecular flexibility index (Phi) is 6.32. The molecule has 0 saturated carbocycles. The summed E-state index contributed by atoms with van der Waals surface area (Å²) in [5.41, 5.74) is -0.126. The second-order valence-electron chi connectivity index (χ2n) is 6.00. The molecular formula is C19H15F4N3O3S. The highest BCUT2D eigenvalue weighted by Gasteiger charge is 2.36. The van der Waals surface area contributed by atoms with Gasteiger partial charge in [-0.15, -0.1) is 10.2 Å². The fourth-order valence-corrected chi connectivity index (χ4v) is 3.75. The molecule has 11 heteroatoms. The van der Waals surface area contributed by atoms with Gasteiger partial charge in [0.15, 0.2) is 0 Å². The van der Waals surface area contributed by atoms with E-state index in [-0.39, 0.29) is 24.8 Å².